The third-order valence-electron chi connectivity index (χ3n) is 3.25. The molecule has 0 aromatic rings. The Bertz CT molecular complexity index is 251. The molecular formula is C14H28N2S. The number of hydrogen-bond donors (Lipinski definition) is 1. The van der Waals surface area contributed by atoms with Gasteiger partial charge in [0.1, 0.15) is 0 Å². The zero-order valence-electron chi connectivity index (χ0n) is 12.0. The summed E-state index contributed by atoms with van der Waals surface area (Å²) in [4.78, 5) is 4.61. The van der Waals surface area contributed by atoms with E-state index in [1.807, 2.05) is 11.8 Å². The third-order valence-corrected chi connectivity index (χ3v) is 4.40. The molecule has 0 saturated carbocycles. The lowest BCUT2D eigenvalue weighted by Gasteiger charge is -2.21. The summed E-state index contributed by atoms with van der Waals surface area (Å²) < 4.78 is 0. The van der Waals surface area contributed by atoms with Gasteiger partial charge in [-0.3, -0.25) is 4.99 Å². The second-order valence-corrected chi connectivity index (χ2v) is 7.50. The normalized spacial score (nSPS) is 20.8. The lowest BCUT2D eigenvalue weighted by atomic mass is 9.90. The van der Waals surface area contributed by atoms with Crippen molar-refractivity contribution in [3.05, 3.63) is 0 Å². The van der Waals surface area contributed by atoms with Crippen LogP contribution in [0.2, 0.25) is 0 Å². The average molecular weight is 256 g/mol. The van der Waals surface area contributed by atoms with Crippen LogP contribution in [0.4, 0.5) is 0 Å². The van der Waals surface area contributed by atoms with Crippen LogP contribution >= 0.6 is 11.8 Å². The number of nitrogens with zero attached hydrogens (tertiary/aromatic N) is 1. The topological polar surface area (TPSA) is 24.4 Å². The first kappa shape index (κ1) is 14.9. The molecule has 1 aliphatic rings. The molecule has 100 valence electrons. The molecule has 3 heteroatoms. The Labute approximate surface area is 111 Å². The minimum absolute atomic E-state index is 0.415. The maximum Gasteiger partial charge on any atom is 0.156 e. The molecule has 1 aliphatic heterocycles. The Morgan fingerprint density at radius 1 is 1.35 bits per heavy atom. The first-order chi connectivity index (χ1) is 7.94. The van der Waals surface area contributed by atoms with Crippen LogP contribution in [-0.2, 0) is 0 Å². The highest BCUT2D eigenvalue weighted by Crippen LogP contribution is 2.31. The fourth-order valence-electron chi connectivity index (χ4n) is 2.11. The van der Waals surface area contributed by atoms with Crippen molar-refractivity contribution in [2.24, 2.45) is 16.3 Å². The van der Waals surface area contributed by atoms with Crippen LogP contribution in [0.25, 0.3) is 0 Å². The molecule has 17 heavy (non-hydrogen) atoms. The highest BCUT2D eigenvalue weighted by Gasteiger charge is 2.24. The van der Waals surface area contributed by atoms with E-state index in [0.717, 1.165) is 19.0 Å². The molecule has 0 saturated heterocycles. The summed E-state index contributed by atoms with van der Waals surface area (Å²) in [6.07, 6.45) is 3.76. The molecule has 1 atom stereocenters. The SMILES string of the molecule is CCC(CC)CNC1=NCC(CC(C)(C)C)S1. The highest BCUT2D eigenvalue weighted by molar-refractivity contribution is 8.14. The van der Waals surface area contributed by atoms with Gasteiger partial charge in [0.2, 0.25) is 0 Å². The maximum atomic E-state index is 4.61. The second-order valence-electron chi connectivity index (χ2n) is 6.21. The summed E-state index contributed by atoms with van der Waals surface area (Å²) >= 11 is 1.94. The lowest BCUT2D eigenvalue weighted by molar-refractivity contribution is 0.375. The van der Waals surface area contributed by atoms with Crippen LogP contribution in [0.15, 0.2) is 4.99 Å². The van der Waals surface area contributed by atoms with Gasteiger partial charge in [0, 0.05) is 11.8 Å². The van der Waals surface area contributed by atoms with Gasteiger partial charge < -0.3 is 5.32 Å². The molecule has 0 amide bonds. The lowest BCUT2D eigenvalue weighted by Crippen LogP contribution is -2.26. The molecule has 0 aromatic heterocycles. The Hall–Kier alpha value is -0.180. The van der Waals surface area contributed by atoms with Crippen LogP contribution in [0.5, 0.6) is 0 Å². The summed E-state index contributed by atoms with van der Waals surface area (Å²) in [6.45, 7) is 13.5. The van der Waals surface area contributed by atoms with Gasteiger partial charge in [0.15, 0.2) is 5.17 Å². The van der Waals surface area contributed by atoms with E-state index >= 15 is 0 Å². The third kappa shape index (κ3) is 5.80. The molecule has 0 spiro atoms. The first-order valence-electron chi connectivity index (χ1n) is 6.89. The Kier molecular flexibility index (Phi) is 5.84. The average Bonchev–Trinajstić information content (AvgIpc) is 2.64. The van der Waals surface area contributed by atoms with Gasteiger partial charge in [-0.1, -0.05) is 59.2 Å². The number of nitrogens with one attached hydrogen (secondary N) is 1. The smallest absolute Gasteiger partial charge is 0.156 e. The summed E-state index contributed by atoms with van der Waals surface area (Å²) in [7, 11) is 0. The molecule has 2 nitrogen and oxygen atoms in total. The molecule has 1 rings (SSSR count). The Morgan fingerprint density at radius 2 is 2.00 bits per heavy atom. The molecule has 0 radical (unpaired) electrons. The van der Waals surface area contributed by atoms with E-state index in [9.17, 15) is 0 Å². The van der Waals surface area contributed by atoms with Gasteiger partial charge >= 0.3 is 0 Å². The van der Waals surface area contributed by atoms with Gasteiger partial charge in [0.25, 0.3) is 0 Å². The Morgan fingerprint density at radius 3 is 2.53 bits per heavy atom. The van der Waals surface area contributed by atoms with Gasteiger partial charge in [0.05, 0.1) is 6.54 Å². The molecule has 0 fully saturated rings. The van der Waals surface area contributed by atoms with Gasteiger partial charge in [-0.15, -0.1) is 0 Å². The van der Waals surface area contributed by atoms with Crippen molar-refractivity contribution in [1.82, 2.24) is 5.32 Å². The summed E-state index contributed by atoms with van der Waals surface area (Å²) in [6, 6.07) is 0. The van der Waals surface area contributed by atoms with E-state index in [2.05, 4.69) is 44.9 Å². The van der Waals surface area contributed by atoms with E-state index in [1.165, 1.54) is 24.4 Å². The van der Waals surface area contributed by atoms with E-state index in [-0.39, 0.29) is 0 Å². The molecular weight excluding hydrogens is 228 g/mol. The first-order valence-corrected chi connectivity index (χ1v) is 7.77. The molecule has 0 aromatic carbocycles. The minimum atomic E-state index is 0.415. The highest BCUT2D eigenvalue weighted by atomic mass is 32.2. The van der Waals surface area contributed by atoms with Crippen molar-refractivity contribution in [2.45, 2.75) is 59.1 Å². The molecule has 0 bridgehead atoms. The summed E-state index contributed by atoms with van der Waals surface area (Å²) in [5.74, 6) is 0.792. The van der Waals surface area contributed by atoms with Crippen molar-refractivity contribution < 1.29 is 0 Å². The van der Waals surface area contributed by atoms with E-state index in [4.69, 9.17) is 0 Å². The number of aliphatic imine (C=N–C) groups is 1. The van der Waals surface area contributed by atoms with Crippen molar-refractivity contribution in [1.29, 1.82) is 0 Å². The zero-order chi connectivity index (χ0) is 12.9. The monoisotopic (exact) mass is 256 g/mol. The van der Waals surface area contributed by atoms with Crippen molar-refractivity contribution in [2.75, 3.05) is 13.1 Å². The quantitative estimate of drug-likeness (QED) is 0.806. The van der Waals surface area contributed by atoms with Crippen LogP contribution in [0, 0.1) is 11.3 Å². The van der Waals surface area contributed by atoms with Crippen LogP contribution in [0.3, 0.4) is 0 Å². The molecule has 1 N–H and O–H groups in total. The van der Waals surface area contributed by atoms with Crippen LogP contribution in [-0.4, -0.2) is 23.5 Å². The maximum absolute atomic E-state index is 4.61. The number of hydrogen-bond acceptors (Lipinski definition) is 3. The van der Waals surface area contributed by atoms with E-state index in [1.54, 1.807) is 0 Å². The second kappa shape index (κ2) is 6.67. The van der Waals surface area contributed by atoms with Gasteiger partial charge in [-0.2, -0.15) is 0 Å². The molecule has 0 aliphatic carbocycles. The van der Waals surface area contributed by atoms with Crippen molar-refractivity contribution >= 4 is 16.9 Å². The van der Waals surface area contributed by atoms with Crippen molar-refractivity contribution in [3.8, 4) is 0 Å². The van der Waals surface area contributed by atoms with Crippen LogP contribution < -0.4 is 5.32 Å². The fourth-order valence-corrected chi connectivity index (χ4v) is 3.48. The standard InChI is InChI=1S/C14H28N2S/c1-6-11(7-2)9-15-13-16-10-12(17-13)8-14(3,4)5/h11-12H,6-10H2,1-5H3,(H,15,16). The summed E-state index contributed by atoms with van der Waals surface area (Å²) in [5, 5.41) is 5.36. The van der Waals surface area contributed by atoms with E-state index in [0.29, 0.717) is 10.7 Å². The fraction of sp³-hybridized carbons (Fsp3) is 0.929. The van der Waals surface area contributed by atoms with Gasteiger partial charge in [-0.05, 0) is 17.8 Å². The largest absolute Gasteiger partial charge is 0.365 e. The summed E-state index contributed by atoms with van der Waals surface area (Å²) in [5.41, 5.74) is 0.415. The van der Waals surface area contributed by atoms with Gasteiger partial charge in [-0.25, -0.2) is 0 Å². The van der Waals surface area contributed by atoms with Crippen LogP contribution in [0.1, 0.15) is 53.9 Å². The van der Waals surface area contributed by atoms with E-state index < -0.39 is 0 Å². The van der Waals surface area contributed by atoms with Crippen molar-refractivity contribution in [3.63, 3.8) is 0 Å². The minimum Gasteiger partial charge on any atom is -0.365 e. The molecule has 1 unspecified atom stereocenters. The molecule has 1 heterocycles. The number of rotatable bonds is 5. The zero-order valence-corrected chi connectivity index (χ0v) is 12.9. The number of thioether (sulfide) groups is 1. The predicted octanol–water partition coefficient (Wildman–Crippen LogP) is 3.92. The predicted molar refractivity (Wildman–Crippen MR) is 79.8 cm³/mol. The Balaban J connectivity index is 2.26. The number of amidine groups is 1.